The maximum absolute atomic E-state index is 13.7. The van der Waals surface area contributed by atoms with Crippen molar-refractivity contribution in [3.63, 3.8) is 0 Å². The molecule has 1 N–H and O–H groups in total. The van der Waals surface area contributed by atoms with Gasteiger partial charge in [-0.2, -0.15) is 0 Å². The Labute approximate surface area is 116 Å². The van der Waals surface area contributed by atoms with Gasteiger partial charge < -0.3 is 9.84 Å². The number of halogens is 3. The summed E-state index contributed by atoms with van der Waals surface area (Å²) in [4.78, 5) is 9.84. The maximum atomic E-state index is 13.7. The first-order chi connectivity index (χ1) is 9.93. The lowest BCUT2D eigenvalue weighted by Crippen LogP contribution is -2.00. The van der Waals surface area contributed by atoms with E-state index in [9.17, 15) is 23.3 Å². The number of rotatable bonds is 4. The minimum atomic E-state index is -1.21. The summed E-state index contributed by atoms with van der Waals surface area (Å²) in [5.74, 6) is -5.43. The van der Waals surface area contributed by atoms with Gasteiger partial charge in [0, 0.05) is 6.07 Å². The van der Waals surface area contributed by atoms with Gasteiger partial charge in [0.05, 0.1) is 11.5 Å². The lowest BCUT2D eigenvalue weighted by atomic mass is 10.2. The summed E-state index contributed by atoms with van der Waals surface area (Å²) in [5, 5.41) is 19.6. The predicted octanol–water partition coefficient (Wildman–Crippen LogP) is 3.30. The molecule has 0 amide bonds. The summed E-state index contributed by atoms with van der Waals surface area (Å²) in [7, 11) is 0. The van der Waals surface area contributed by atoms with Gasteiger partial charge in [-0.3, -0.25) is 10.1 Å². The van der Waals surface area contributed by atoms with Gasteiger partial charge in [-0.25, -0.2) is 13.2 Å². The fourth-order valence-electron chi connectivity index (χ4n) is 1.65. The molecule has 0 spiro atoms. The molecule has 8 heteroatoms. The van der Waals surface area contributed by atoms with Crippen molar-refractivity contribution in [1.29, 1.82) is 0 Å². The van der Waals surface area contributed by atoms with Crippen molar-refractivity contribution in [2.75, 3.05) is 0 Å². The van der Waals surface area contributed by atoms with Crippen LogP contribution in [0.3, 0.4) is 0 Å². The monoisotopic (exact) mass is 299 g/mol. The first-order valence-electron chi connectivity index (χ1n) is 5.63. The molecule has 0 aliphatic carbocycles. The Morgan fingerprint density at radius 1 is 1.10 bits per heavy atom. The van der Waals surface area contributed by atoms with Crippen molar-refractivity contribution >= 4 is 5.69 Å². The average molecular weight is 299 g/mol. The molecule has 0 heterocycles. The molecule has 0 saturated heterocycles. The van der Waals surface area contributed by atoms with E-state index in [-0.39, 0.29) is 5.56 Å². The van der Waals surface area contributed by atoms with Gasteiger partial charge in [-0.1, -0.05) is 6.07 Å². The van der Waals surface area contributed by atoms with E-state index in [1.807, 2.05) is 0 Å². The zero-order valence-electron chi connectivity index (χ0n) is 10.3. The van der Waals surface area contributed by atoms with Crippen LogP contribution in [-0.4, -0.2) is 10.0 Å². The van der Waals surface area contributed by atoms with E-state index >= 15 is 0 Å². The lowest BCUT2D eigenvalue weighted by molar-refractivity contribution is -0.385. The number of benzene rings is 2. The van der Waals surface area contributed by atoms with Crippen LogP contribution in [0.4, 0.5) is 18.9 Å². The minimum absolute atomic E-state index is 0.0552. The quantitative estimate of drug-likeness (QED) is 0.694. The highest BCUT2D eigenvalue weighted by Gasteiger charge is 2.23. The van der Waals surface area contributed by atoms with Crippen LogP contribution in [-0.2, 0) is 6.61 Å². The average Bonchev–Trinajstić information content (AvgIpc) is 2.43. The summed E-state index contributed by atoms with van der Waals surface area (Å²) in [5.41, 5.74) is -0.819. The van der Waals surface area contributed by atoms with Crippen LogP contribution in [0.1, 0.15) is 5.56 Å². The van der Waals surface area contributed by atoms with E-state index in [1.54, 1.807) is 0 Å². The third kappa shape index (κ3) is 2.95. The molecular formula is C13H8F3NO4. The molecule has 0 aromatic heterocycles. The van der Waals surface area contributed by atoms with Crippen LogP contribution in [0.15, 0.2) is 30.3 Å². The topological polar surface area (TPSA) is 72.6 Å². The fourth-order valence-corrected chi connectivity index (χ4v) is 1.65. The highest BCUT2D eigenvalue weighted by molar-refractivity contribution is 5.49. The number of aliphatic hydroxyl groups is 1. The summed E-state index contributed by atoms with van der Waals surface area (Å²) < 4.78 is 45.7. The van der Waals surface area contributed by atoms with E-state index in [0.717, 1.165) is 30.3 Å². The molecule has 0 radical (unpaired) electrons. The van der Waals surface area contributed by atoms with Crippen molar-refractivity contribution in [2.24, 2.45) is 0 Å². The van der Waals surface area contributed by atoms with E-state index in [2.05, 4.69) is 0 Å². The number of hydrogen-bond acceptors (Lipinski definition) is 4. The smallest absolute Gasteiger partial charge is 0.314 e. The lowest BCUT2D eigenvalue weighted by Gasteiger charge is -2.10. The van der Waals surface area contributed by atoms with Crippen LogP contribution in [0, 0.1) is 27.6 Å². The van der Waals surface area contributed by atoms with E-state index in [4.69, 9.17) is 9.84 Å². The second-order valence-electron chi connectivity index (χ2n) is 3.99. The molecule has 110 valence electrons. The summed E-state index contributed by atoms with van der Waals surface area (Å²) in [6, 6.07) is 4.44. The van der Waals surface area contributed by atoms with Crippen molar-refractivity contribution in [3.8, 4) is 11.5 Å². The number of aliphatic hydroxyl groups excluding tert-OH is 1. The second kappa shape index (κ2) is 5.80. The Bertz CT molecular complexity index is 683. The highest BCUT2D eigenvalue weighted by Crippen LogP contribution is 2.36. The number of nitro benzene ring substituents is 1. The SMILES string of the molecule is O=[N+]([O-])c1cccc(F)c1Oc1c(F)cc(CO)cc1F. The molecular weight excluding hydrogens is 291 g/mol. The summed E-state index contributed by atoms with van der Waals surface area (Å²) in [6.07, 6.45) is 0. The number of nitrogens with zero attached hydrogens (tertiary/aromatic N) is 1. The summed E-state index contributed by atoms with van der Waals surface area (Å²) in [6.45, 7) is -0.603. The van der Waals surface area contributed by atoms with Gasteiger partial charge in [0.2, 0.25) is 5.75 Å². The van der Waals surface area contributed by atoms with Crippen molar-refractivity contribution in [2.45, 2.75) is 6.61 Å². The molecule has 0 atom stereocenters. The number of hydrogen-bond donors (Lipinski definition) is 1. The first kappa shape index (κ1) is 14.8. The van der Waals surface area contributed by atoms with E-state index < -0.39 is 46.2 Å². The molecule has 5 nitrogen and oxygen atoms in total. The molecule has 0 fully saturated rings. The van der Waals surface area contributed by atoms with Crippen LogP contribution < -0.4 is 4.74 Å². The minimum Gasteiger partial charge on any atom is -0.441 e. The molecule has 2 aromatic rings. The number of para-hydroxylation sites is 1. The molecule has 0 unspecified atom stereocenters. The Hall–Kier alpha value is -2.61. The zero-order chi connectivity index (χ0) is 15.6. The number of nitro groups is 1. The van der Waals surface area contributed by atoms with Gasteiger partial charge in [0.1, 0.15) is 0 Å². The fraction of sp³-hybridized carbons (Fsp3) is 0.0769. The maximum Gasteiger partial charge on any atom is 0.314 e. The predicted molar refractivity (Wildman–Crippen MR) is 65.4 cm³/mol. The molecule has 2 aromatic carbocycles. The van der Waals surface area contributed by atoms with Gasteiger partial charge >= 0.3 is 5.69 Å². The van der Waals surface area contributed by atoms with Crippen LogP contribution in [0.5, 0.6) is 11.5 Å². The van der Waals surface area contributed by atoms with Gasteiger partial charge in [0.25, 0.3) is 0 Å². The molecule has 0 bridgehead atoms. The third-order valence-corrected chi connectivity index (χ3v) is 2.59. The zero-order valence-corrected chi connectivity index (χ0v) is 10.3. The van der Waals surface area contributed by atoms with Crippen molar-refractivity contribution in [3.05, 3.63) is 63.5 Å². The molecule has 0 aliphatic heterocycles. The largest absolute Gasteiger partial charge is 0.441 e. The highest BCUT2D eigenvalue weighted by atomic mass is 19.1. The Morgan fingerprint density at radius 2 is 1.71 bits per heavy atom. The molecule has 2 rings (SSSR count). The van der Waals surface area contributed by atoms with Crippen molar-refractivity contribution < 1.29 is 27.9 Å². The molecule has 0 aliphatic rings. The Kier molecular flexibility index (Phi) is 4.08. The van der Waals surface area contributed by atoms with Gasteiger partial charge in [-0.05, 0) is 23.8 Å². The second-order valence-corrected chi connectivity index (χ2v) is 3.99. The Balaban J connectivity index is 2.51. The molecule has 0 saturated carbocycles. The molecule has 21 heavy (non-hydrogen) atoms. The van der Waals surface area contributed by atoms with Gasteiger partial charge in [0.15, 0.2) is 23.2 Å². The number of ether oxygens (including phenoxy) is 1. The van der Waals surface area contributed by atoms with Crippen LogP contribution >= 0.6 is 0 Å². The third-order valence-electron chi connectivity index (χ3n) is 2.59. The first-order valence-corrected chi connectivity index (χ1v) is 5.63. The van der Waals surface area contributed by atoms with Gasteiger partial charge in [-0.15, -0.1) is 0 Å². The Morgan fingerprint density at radius 3 is 2.24 bits per heavy atom. The standard InChI is InChI=1S/C13H8F3NO4/c14-8-2-1-3-11(17(19)20)13(8)21-12-9(15)4-7(6-18)5-10(12)16/h1-5,18H,6H2. The van der Waals surface area contributed by atoms with E-state index in [1.165, 1.54) is 0 Å². The van der Waals surface area contributed by atoms with Crippen LogP contribution in [0.2, 0.25) is 0 Å². The van der Waals surface area contributed by atoms with Crippen LogP contribution in [0.25, 0.3) is 0 Å². The van der Waals surface area contributed by atoms with Crippen molar-refractivity contribution in [1.82, 2.24) is 0 Å². The van der Waals surface area contributed by atoms with E-state index in [0.29, 0.717) is 0 Å². The summed E-state index contributed by atoms with van der Waals surface area (Å²) >= 11 is 0. The normalized spacial score (nSPS) is 10.5.